The minimum absolute atomic E-state index is 0.186. The monoisotopic (exact) mass is 230 g/mol. The predicted octanol–water partition coefficient (Wildman–Crippen LogP) is 1.99. The summed E-state index contributed by atoms with van der Waals surface area (Å²) in [6.45, 7) is 0.507. The number of benzene rings is 1. The van der Waals surface area contributed by atoms with E-state index in [0.717, 1.165) is 16.9 Å². The molecule has 0 N–H and O–H groups in total. The van der Waals surface area contributed by atoms with Crippen molar-refractivity contribution in [2.75, 3.05) is 6.61 Å². The van der Waals surface area contributed by atoms with Crippen molar-refractivity contribution in [3.63, 3.8) is 0 Å². The fourth-order valence-corrected chi connectivity index (χ4v) is 2.30. The van der Waals surface area contributed by atoms with Crippen molar-refractivity contribution < 1.29 is 9.53 Å². The Hall–Kier alpha value is -1.68. The van der Waals surface area contributed by atoms with Crippen LogP contribution in [0.1, 0.15) is 24.8 Å². The molecule has 1 aromatic carbocycles. The van der Waals surface area contributed by atoms with E-state index < -0.39 is 0 Å². The van der Waals surface area contributed by atoms with Crippen LogP contribution < -0.4 is 0 Å². The summed E-state index contributed by atoms with van der Waals surface area (Å²) in [6, 6.07) is 7.95. The molecule has 0 saturated carbocycles. The molecule has 2 heterocycles. The number of rotatable bonds is 1. The molecule has 1 fully saturated rings. The molecular formula is C13H14N2O2. The fraction of sp³-hybridized carbons (Fsp3) is 0.385. The van der Waals surface area contributed by atoms with Gasteiger partial charge in [0, 0.05) is 19.9 Å². The standard InChI is InChI=1S/C13H14N2O2/c1-15-11-5-3-2-4-10(11)14-13(15)12-8-9(16)6-7-17-12/h2-5,12H,6-8H2,1H3. The lowest BCUT2D eigenvalue weighted by Gasteiger charge is -2.21. The van der Waals surface area contributed by atoms with E-state index in [0.29, 0.717) is 19.4 Å². The van der Waals surface area contributed by atoms with Gasteiger partial charge < -0.3 is 9.30 Å². The van der Waals surface area contributed by atoms with Crippen LogP contribution in [0, 0.1) is 0 Å². The van der Waals surface area contributed by atoms with Crippen molar-refractivity contribution in [1.82, 2.24) is 9.55 Å². The van der Waals surface area contributed by atoms with E-state index in [1.54, 1.807) is 0 Å². The third-order valence-electron chi connectivity index (χ3n) is 3.22. The van der Waals surface area contributed by atoms with Gasteiger partial charge in [-0.15, -0.1) is 0 Å². The van der Waals surface area contributed by atoms with Crippen LogP contribution in [0.25, 0.3) is 11.0 Å². The van der Waals surface area contributed by atoms with Crippen LogP contribution in [-0.2, 0) is 16.6 Å². The largest absolute Gasteiger partial charge is 0.369 e. The van der Waals surface area contributed by atoms with Crippen molar-refractivity contribution in [2.45, 2.75) is 18.9 Å². The number of carbonyl (C=O) groups is 1. The van der Waals surface area contributed by atoms with Gasteiger partial charge in [-0.2, -0.15) is 0 Å². The Morgan fingerprint density at radius 2 is 2.24 bits per heavy atom. The lowest BCUT2D eigenvalue weighted by molar-refractivity contribution is -0.129. The Morgan fingerprint density at radius 3 is 3.00 bits per heavy atom. The molecule has 1 aromatic heterocycles. The fourth-order valence-electron chi connectivity index (χ4n) is 2.30. The van der Waals surface area contributed by atoms with Crippen molar-refractivity contribution in [2.24, 2.45) is 7.05 Å². The molecule has 0 amide bonds. The summed E-state index contributed by atoms with van der Waals surface area (Å²) in [7, 11) is 1.97. The molecule has 1 saturated heterocycles. The maximum absolute atomic E-state index is 11.5. The van der Waals surface area contributed by atoms with Crippen molar-refractivity contribution in [3.05, 3.63) is 30.1 Å². The highest BCUT2D eigenvalue weighted by Gasteiger charge is 2.25. The lowest BCUT2D eigenvalue weighted by atomic mass is 10.1. The van der Waals surface area contributed by atoms with E-state index in [4.69, 9.17) is 4.74 Å². The number of ketones is 1. The van der Waals surface area contributed by atoms with Crippen LogP contribution in [0.15, 0.2) is 24.3 Å². The first-order valence-corrected chi connectivity index (χ1v) is 5.80. The van der Waals surface area contributed by atoms with Gasteiger partial charge in [-0.05, 0) is 12.1 Å². The number of hydrogen-bond donors (Lipinski definition) is 0. The summed E-state index contributed by atoms with van der Waals surface area (Å²) in [5.74, 6) is 1.10. The number of hydrogen-bond acceptors (Lipinski definition) is 3. The number of para-hydroxylation sites is 2. The Bertz CT molecular complexity index is 574. The number of imidazole rings is 1. The number of carbonyl (C=O) groups excluding carboxylic acids is 1. The second-order valence-electron chi connectivity index (χ2n) is 4.37. The molecule has 1 atom stereocenters. The zero-order valence-electron chi connectivity index (χ0n) is 9.72. The molecule has 4 nitrogen and oxygen atoms in total. The van der Waals surface area contributed by atoms with Gasteiger partial charge in [-0.1, -0.05) is 12.1 Å². The number of nitrogens with zero attached hydrogens (tertiary/aromatic N) is 2. The van der Waals surface area contributed by atoms with Crippen LogP contribution in [-0.4, -0.2) is 21.9 Å². The lowest BCUT2D eigenvalue weighted by Crippen LogP contribution is -2.21. The first-order chi connectivity index (χ1) is 8.25. The van der Waals surface area contributed by atoms with Gasteiger partial charge >= 0.3 is 0 Å². The molecule has 0 spiro atoms. The summed E-state index contributed by atoms with van der Waals surface area (Å²) < 4.78 is 7.65. The Kier molecular flexibility index (Phi) is 2.44. The average molecular weight is 230 g/mol. The maximum Gasteiger partial charge on any atom is 0.139 e. The average Bonchev–Trinajstić information content (AvgIpc) is 2.68. The number of aromatic nitrogens is 2. The summed E-state index contributed by atoms with van der Waals surface area (Å²) in [6.07, 6.45) is 0.783. The first kappa shape index (κ1) is 10.5. The Balaban J connectivity index is 2.05. The molecule has 1 aliphatic rings. The summed E-state index contributed by atoms with van der Waals surface area (Å²) in [5, 5.41) is 0. The van der Waals surface area contributed by atoms with Crippen LogP contribution in [0.3, 0.4) is 0 Å². The molecule has 88 valence electrons. The van der Waals surface area contributed by atoms with Crippen molar-refractivity contribution in [3.8, 4) is 0 Å². The number of ether oxygens (including phenoxy) is 1. The normalized spacial score (nSPS) is 21.0. The van der Waals surface area contributed by atoms with Gasteiger partial charge in [0.1, 0.15) is 17.7 Å². The molecule has 3 rings (SSSR count). The number of Topliss-reactive ketones (excluding diaryl/α,β-unsaturated/α-hetero) is 1. The number of aryl methyl sites for hydroxylation is 1. The van der Waals surface area contributed by atoms with Gasteiger partial charge in [0.25, 0.3) is 0 Å². The minimum Gasteiger partial charge on any atom is -0.369 e. The maximum atomic E-state index is 11.5. The molecule has 0 aliphatic carbocycles. The zero-order chi connectivity index (χ0) is 11.8. The highest BCUT2D eigenvalue weighted by Crippen LogP contribution is 2.27. The van der Waals surface area contributed by atoms with Crippen LogP contribution >= 0.6 is 0 Å². The molecule has 2 aromatic rings. The first-order valence-electron chi connectivity index (χ1n) is 5.80. The summed E-state index contributed by atoms with van der Waals surface area (Å²) in [4.78, 5) is 16.0. The third-order valence-corrected chi connectivity index (χ3v) is 3.22. The van der Waals surface area contributed by atoms with Gasteiger partial charge in [0.15, 0.2) is 0 Å². The van der Waals surface area contributed by atoms with E-state index in [1.807, 2.05) is 35.9 Å². The van der Waals surface area contributed by atoms with E-state index in [-0.39, 0.29) is 11.9 Å². The van der Waals surface area contributed by atoms with E-state index in [1.165, 1.54) is 0 Å². The second kappa shape index (κ2) is 3.96. The SMILES string of the molecule is Cn1c(C2CC(=O)CCO2)nc2ccccc21. The van der Waals surface area contributed by atoms with Crippen LogP contribution in [0.4, 0.5) is 0 Å². The highest BCUT2D eigenvalue weighted by atomic mass is 16.5. The minimum atomic E-state index is -0.186. The van der Waals surface area contributed by atoms with Crippen molar-refractivity contribution >= 4 is 16.8 Å². The Labute approximate surface area is 99.2 Å². The molecule has 0 radical (unpaired) electrons. The topological polar surface area (TPSA) is 44.1 Å². The van der Waals surface area contributed by atoms with Gasteiger partial charge in [-0.25, -0.2) is 4.98 Å². The Morgan fingerprint density at radius 1 is 1.41 bits per heavy atom. The van der Waals surface area contributed by atoms with Crippen molar-refractivity contribution in [1.29, 1.82) is 0 Å². The molecule has 4 heteroatoms. The number of fused-ring (bicyclic) bond motifs is 1. The molecule has 17 heavy (non-hydrogen) atoms. The quantitative estimate of drug-likeness (QED) is 0.752. The molecule has 0 bridgehead atoms. The smallest absolute Gasteiger partial charge is 0.139 e. The third kappa shape index (κ3) is 1.74. The second-order valence-corrected chi connectivity index (χ2v) is 4.37. The van der Waals surface area contributed by atoms with E-state index >= 15 is 0 Å². The molecule has 1 unspecified atom stereocenters. The summed E-state index contributed by atoms with van der Waals surface area (Å²) >= 11 is 0. The van der Waals surface area contributed by atoms with Gasteiger partial charge in [-0.3, -0.25) is 4.79 Å². The van der Waals surface area contributed by atoms with Gasteiger partial charge in [0.2, 0.25) is 0 Å². The van der Waals surface area contributed by atoms with Gasteiger partial charge in [0.05, 0.1) is 17.6 Å². The van der Waals surface area contributed by atoms with Crippen LogP contribution in [0.5, 0.6) is 0 Å². The van der Waals surface area contributed by atoms with E-state index in [2.05, 4.69) is 4.98 Å². The zero-order valence-corrected chi connectivity index (χ0v) is 9.72. The summed E-state index contributed by atoms with van der Waals surface area (Å²) in [5.41, 5.74) is 2.02. The predicted molar refractivity (Wildman–Crippen MR) is 63.6 cm³/mol. The van der Waals surface area contributed by atoms with Crippen LogP contribution in [0.2, 0.25) is 0 Å². The molecular weight excluding hydrogens is 216 g/mol. The molecule has 1 aliphatic heterocycles. The van der Waals surface area contributed by atoms with E-state index in [9.17, 15) is 4.79 Å². The highest BCUT2D eigenvalue weighted by molar-refractivity contribution is 5.80.